The summed E-state index contributed by atoms with van der Waals surface area (Å²) in [5.74, 6) is 0.860. The molecule has 0 unspecified atom stereocenters. The highest BCUT2D eigenvalue weighted by Crippen LogP contribution is 2.35. The second-order valence-electron chi connectivity index (χ2n) is 5.48. The van der Waals surface area contributed by atoms with Gasteiger partial charge < -0.3 is 4.65 Å². The number of nitrogens with zero attached hydrogens (tertiary/aromatic N) is 2. The van der Waals surface area contributed by atoms with Crippen LogP contribution in [0.3, 0.4) is 0 Å². The van der Waals surface area contributed by atoms with E-state index in [0.29, 0.717) is 11.3 Å². The van der Waals surface area contributed by atoms with Gasteiger partial charge in [-0.3, -0.25) is 4.40 Å². The van der Waals surface area contributed by atoms with Gasteiger partial charge in [0.05, 0.1) is 5.52 Å². The molecule has 0 spiro atoms. The number of halogens is 2. The topological polar surface area (TPSA) is 26.5 Å². The number of imidazole rings is 1. The first-order valence-corrected chi connectivity index (χ1v) is 7.81. The zero-order chi connectivity index (χ0) is 17.2. The zero-order valence-electron chi connectivity index (χ0n) is 13.1. The van der Waals surface area contributed by atoms with Gasteiger partial charge in [0.25, 0.3) is 0 Å². The van der Waals surface area contributed by atoms with Crippen LogP contribution in [0.2, 0.25) is 0 Å². The molecule has 6 heteroatoms. The molecular weight excluding hydrogens is 321 g/mol. The van der Waals surface area contributed by atoms with Crippen molar-refractivity contribution in [3.05, 3.63) is 79.0 Å². The van der Waals surface area contributed by atoms with Crippen molar-refractivity contribution < 1.29 is 13.3 Å². The molecule has 0 saturated heterocycles. The SMILES string of the molecule is FB(F)Oc1ccccc1-c1nc(-c2ccccc2)n2ccccc12. The summed E-state index contributed by atoms with van der Waals surface area (Å²) in [6.07, 6.45) is 1.91. The van der Waals surface area contributed by atoms with E-state index in [1.165, 1.54) is 6.07 Å². The second kappa shape index (κ2) is 6.40. The van der Waals surface area contributed by atoms with Crippen LogP contribution < -0.4 is 4.65 Å². The summed E-state index contributed by atoms with van der Waals surface area (Å²) in [5, 5.41) is 0. The molecule has 0 saturated carbocycles. The average Bonchev–Trinajstić information content (AvgIpc) is 3.02. The van der Waals surface area contributed by atoms with Gasteiger partial charge in [-0.05, 0) is 24.3 Å². The summed E-state index contributed by atoms with van der Waals surface area (Å²) in [5.41, 5.74) is 2.92. The molecule has 0 N–H and O–H groups in total. The Labute approximate surface area is 143 Å². The Bertz CT molecular complexity index is 1020. The van der Waals surface area contributed by atoms with Crippen LogP contribution in [0.4, 0.5) is 8.63 Å². The van der Waals surface area contributed by atoms with Crippen LogP contribution in [0.15, 0.2) is 79.0 Å². The van der Waals surface area contributed by atoms with Crippen molar-refractivity contribution in [3.8, 4) is 28.4 Å². The van der Waals surface area contributed by atoms with E-state index in [2.05, 4.69) is 4.65 Å². The Morgan fingerprint density at radius 3 is 2.36 bits per heavy atom. The van der Waals surface area contributed by atoms with Gasteiger partial charge in [0.1, 0.15) is 17.3 Å². The second-order valence-corrected chi connectivity index (χ2v) is 5.48. The molecule has 0 amide bonds. The minimum atomic E-state index is -2.89. The van der Waals surface area contributed by atoms with Crippen LogP contribution in [0.25, 0.3) is 28.2 Å². The molecule has 122 valence electrons. The molecule has 4 rings (SSSR count). The fourth-order valence-corrected chi connectivity index (χ4v) is 2.89. The van der Waals surface area contributed by atoms with Crippen LogP contribution in [0.1, 0.15) is 0 Å². The number of benzene rings is 2. The van der Waals surface area contributed by atoms with Crippen LogP contribution in [0.5, 0.6) is 5.75 Å². The molecule has 0 bridgehead atoms. The van der Waals surface area contributed by atoms with E-state index in [0.717, 1.165) is 16.9 Å². The molecule has 2 aromatic carbocycles. The Morgan fingerprint density at radius 1 is 0.840 bits per heavy atom. The van der Waals surface area contributed by atoms with E-state index in [9.17, 15) is 8.63 Å². The lowest BCUT2D eigenvalue weighted by Crippen LogP contribution is -2.09. The van der Waals surface area contributed by atoms with Crippen molar-refractivity contribution in [2.24, 2.45) is 0 Å². The average molecular weight is 334 g/mol. The van der Waals surface area contributed by atoms with Crippen molar-refractivity contribution in [1.82, 2.24) is 9.38 Å². The third kappa shape index (κ3) is 2.87. The highest BCUT2D eigenvalue weighted by Gasteiger charge is 2.22. The number of pyridine rings is 1. The van der Waals surface area contributed by atoms with E-state index >= 15 is 0 Å². The molecule has 0 radical (unpaired) electrons. The number of hydrogen-bond donors (Lipinski definition) is 0. The maximum Gasteiger partial charge on any atom is 0.796 e. The van der Waals surface area contributed by atoms with Crippen molar-refractivity contribution in [1.29, 1.82) is 0 Å². The lowest BCUT2D eigenvalue weighted by Gasteiger charge is -2.08. The third-order valence-electron chi connectivity index (χ3n) is 3.94. The lowest BCUT2D eigenvalue weighted by molar-refractivity contribution is 0.427. The summed E-state index contributed by atoms with van der Waals surface area (Å²) >= 11 is 0. The molecule has 3 nitrogen and oxygen atoms in total. The quantitative estimate of drug-likeness (QED) is 0.493. The van der Waals surface area contributed by atoms with Crippen LogP contribution in [-0.2, 0) is 0 Å². The molecule has 0 aliphatic rings. The Hall–Kier alpha value is -3.15. The van der Waals surface area contributed by atoms with Gasteiger partial charge in [-0.15, -0.1) is 0 Å². The van der Waals surface area contributed by atoms with Gasteiger partial charge in [0, 0.05) is 17.3 Å². The summed E-state index contributed by atoms with van der Waals surface area (Å²) in [4.78, 5) is 4.74. The van der Waals surface area contributed by atoms with E-state index in [4.69, 9.17) is 4.98 Å². The van der Waals surface area contributed by atoms with E-state index in [-0.39, 0.29) is 5.75 Å². The molecule has 2 heterocycles. The van der Waals surface area contributed by atoms with Gasteiger partial charge in [-0.1, -0.05) is 48.5 Å². The molecule has 0 aliphatic carbocycles. The smallest absolute Gasteiger partial charge is 0.505 e. The highest BCUT2D eigenvalue weighted by atomic mass is 19.2. The van der Waals surface area contributed by atoms with Crippen molar-refractivity contribution in [3.63, 3.8) is 0 Å². The normalized spacial score (nSPS) is 10.8. The molecule has 0 aliphatic heterocycles. The van der Waals surface area contributed by atoms with Crippen LogP contribution in [-0.4, -0.2) is 16.9 Å². The lowest BCUT2D eigenvalue weighted by atomic mass is 10.1. The molecule has 4 aromatic rings. The predicted octanol–water partition coefficient (Wildman–Crippen LogP) is 4.97. The van der Waals surface area contributed by atoms with E-state index < -0.39 is 7.47 Å². The predicted molar refractivity (Wildman–Crippen MR) is 94.7 cm³/mol. The minimum Gasteiger partial charge on any atom is -0.505 e. The zero-order valence-corrected chi connectivity index (χ0v) is 13.1. The maximum absolute atomic E-state index is 12.8. The standard InChI is InChI=1S/C19H13BF2N2O/c21-20(22)25-17-12-5-4-10-15(17)18-16-11-6-7-13-24(16)19(23-18)14-8-2-1-3-9-14/h1-13H. The Kier molecular flexibility index (Phi) is 3.94. The highest BCUT2D eigenvalue weighted by molar-refractivity contribution is 6.35. The molecule has 0 atom stereocenters. The number of hydrogen-bond acceptors (Lipinski definition) is 2. The minimum absolute atomic E-state index is 0.112. The monoisotopic (exact) mass is 334 g/mol. The summed E-state index contributed by atoms with van der Waals surface area (Å²) in [6, 6.07) is 22.2. The molecule has 0 fully saturated rings. The molecule has 2 aromatic heterocycles. The third-order valence-corrected chi connectivity index (χ3v) is 3.94. The van der Waals surface area contributed by atoms with Crippen molar-refractivity contribution in [2.75, 3.05) is 0 Å². The Morgan fingerprint density at radius 2 is 1.56 bits per heavy atom. The van der Waals surface area contributed by atoms with Crippen LogP contribution in [0, 0.1) is 0 Å². The van der Waals surface area contributed by atoms with Gasteiger partial charge in [-0.2, -0.15) is 0 Å². The van der Waals surface area contributed by atoms with Crippen molar-refractivity contribution >= 4 is 13.0 Å². The molecule has 25 heavy (non-hydrogen) atoms. The van der Waals surface area contributed by atoms with Gasteiger partial charge >= 0.3 is 7.47 Å². The van der Waals surface area contributed by atoms with E-state index in [1.807, 2.05) is 59.1 Å². The largest absolute Gasteiger partial charge is 0.796 e. The number of rotatable bonds is 4. The number of aromatic nitrogens is 2. The fraction of sp³-hybridized carbons (Fsp3) is 0. The number of fused-ring (bicyclic) bond motifs is 1. The van der Waals surface area contributed by atoms with Crippen molar-refractivity contribution in [2.45, 2.75) is 0 Å². The van der Waals surface area contributed by atoms with E-state index in [1.54, 1.807) is 18.2 Å². The maximum atomic E-state index is 12.8. The van der Waals surface area contributed by atoms with Gasteiger partial charge in [-0.25, -0.2) is 13.6 Å². The first-order valence-electron chi connectivity index (χ1n) is 7.81. The Balaban J connectivity index is 1.96. The number of para-hydroxylation sites is 1. The molecular formula is C19H13BF2N2O. The summed E-state index contributed by atoms with van der Waals surface area (Å²) < 4.78 is 32.1. The summed E-state index contributed by atoms with van der Waals surface area (Å²) in [7, 11) is -2.89. The fourth-order valence-electron chi connectivity index (χ4n) is 2.89. The first-order chi connectivity index (χ1) is 12.2. The van der Waals surface area contributed by atoms with Gasteiger partial charge in [0.2, 0.25) is 0 Å². The first kappa shape index (κ1) is 15.4. The van der Waals surface area contributed by atoms with Crippen LogP contribution >= 0.6 is 0 Å². The van der Waals surface area contributed by atoms with Gasteiger partial charge in [0.15, 0.2) is 0 Å². The summed E-state index contributed by atoms with van der Waals surface area (Å²) in [6.45, 7) is 0.